The van der Waals surface area contributed by atoms with Gasteiger partial charge in [-0.15, -0.1) is 0 Å². The molecule has 0 aliphatic rings. The molecule has 0 atom stereocenters. The van der Waals surface area contributed by atoms with Crippen molar-refractivity contribution in [2.45, 2.75) is 0 Å². The maximum absolute atomic E-state index is 5.87. The fourth-order valence-electron chi connectivity index (χ4n) is 1.65. The molecular formula is C13H8ClNO. The zero-order valence-corrected chi connectivity index (χ0v) is 9.11. The molecule has 0 aliphatic heterocycles. The van der Waals surface area contributed by atoms with Crippen LogP contribution in [0, 0.1) is 0 Å². The Kier molecular flexibility index (Phi) is 2.15. The van der Waals surface area contributed by atoms with Crippen molar-refractivity contribution in [2.75, 3.05) is 0 Å². The van der Waals surface area contributed by atoms with Crippen LogP contribution in [0.4, 0.5) is 0 Å². The molecule has 0 saturated carbocycles. The van der Waals surface area contributed by atoms with Crippen LogP contribution in [0.3, 0.4) is 0 Å². The molecule has 3 rings (SSSR count). The predicted molar refractivity (Wildman–Crippen MR) is 64.5 cm³/mol. The van der Waals surface area contributed by atoms with Gasteiger partial charge in [-0.1, -0.05) is 41.9 Å². The van der Waals surface area contributed by atoms with Crippen LogP contribution in [0.25, 0.3) is 22.4 Å². The molecule has 2 heterocycles. The first-order valence-electron chi connectivity index (χ1n) is 4.93. The highest BCUT2D eigenvalue weighted by Gasteiger charge is 2.06. The molecule has 0 saturated heterocycles. The van der Waals surface area contributed by atoms with Crippen molar-refractivity contribution in [3.05, 3.63) is 53.7 Å². The lowest BCUT2D eigenvalue weighted by Gasteiger charge is -1.92. The molecule has 0 N–H and O–H groups in total. The molecule has 0 unspecified atom stereocenters. The van der Waals surface area contributed by atoms with Crippen LogP contribution < -0.4 is 0 Å². The number of aromatic nitrogens is 1. The van der Waals surface area contributed by atoms with E-state index in [1.54, 1.807) is 6.20 Å². The second-order valence-electron chi connectivity index (χ2n) is 3.52. The Morgan fingerprint density at radius 3 is 2.69 bits per heavy atom. The quantitative estimate of drug-likeness (QED) is 0.627. The van der Waals surface area contributed by atoms with Gasteiger partial charge in [0.15, 0.2) is 0 Å². The number of hydrogen-bond donors (Lipinski definition) is 0. The van der Waals surface area contributed by atoms with Gasteiger partial charge in [0.2, 0.25) is 5.71 Å². The van der Waals surface area contributed by atoms with E-state index in [0.717, 1.165) is 16.7 Å². The van der Waals surface area contributed by atoms with Gasteiger partial charge in [0.1, 0.15) is 5.76 Å². The van der Waals surface area contributed by atoms with Gasteiger partial charge < -0.3 is 4.42 Å². The van der Waals surface area contributed by atoms with Crippen molar-refractivity contribution in [1.82, 2.24) is 4.98 Å². The van der Waals surface area contributed by atoms with Crippen LogP contribution in [0.2, 0.25) is 5.02 Å². The minimum atomic E-state index is 0.614. The SMILES string of the molecule is Clc1cnc2oc(-c3ccccc3)cc2c1. The summed E-state index contributed by atoms with van der Waals surface area (Å²) in [6.45, 7) is 0. The molecule has 16 heavy (non-hydrogen) atoms. The highest BCUT2D eigenvalue weighted by molar-refractivity contribution is 6.31. The van der Waals surface area contributed by atoms with Crippen molar-refractivity contribution in [3.63, 3.8) is 0 Å². The molecule has 0 fully saturated rings. The summed E-state index contributed by atoms with van der Waals surface area (Å²) < 4.78 is 5.64. The Bertz CT molecular complexity index is 631. The number of rotatable bonds is 1. The van der Waals surface area contributed by atoms with Crippen molar-refractivity contribution in [1.29, 1.82) is 0 Å². The fourth-order valence-corrected chi connectivity index (χ4v) is 1.82. The molecule has 0 amide bonds. The van der Waals surface area contributed by atoms with Crippen LogP contribution in [0.1, 0.15) is 0 Å². The smallest absolute Gasteiger partial charge is 0.226 e. The topological polar surface area (TPSA) is 26.0 Å². The summed E-state index contributed by atoms with van der Waals surface area (Å²) in [6, 6.07) is 13.7. The second kappa shape index (κ2) is 3.65. The summed E-state index contributed by atoms with van der Waals surface area (Å²) in [6.07, 6.45) is 1.59. The molecule has 0 bridgehead atoms. The van der Waals surface area contributed by atoms with Crippen LogP contribution in [-0.2, 0) is 0 Å². The van der Waals surface area contributed by atoms with Gasteiger partial charge in [-0.2, -0.15) is 0 Å². The first-order valence-corrected chi connectivity index (χ1v) is 5.31. The Morgan fingerprint density at radius 1 is 1.06 bits per heavy atom. The average molecular weight is 230 g/mol. The summed E-state index contributed by atoms with van der Waals surface area (Å²) in [5, 5.41) is 1.54. The largest absolute Gasteiger partial charge is 0.438 e. The van der Waals surface area contributed by atoms with Crippen molar-refractivity contribution in [3.8, 4) is 11.3 Å². The number of nitrogens with zero attached hydrogens (tertiary/aromatic N) is 1. The van der Waals surface area contributed by atoms with E-state index in [9.17, 15) is 0 Å². The highest BCUT2D eigenvalue weighted by atomic mass is 35.5. The molecular weight excluding hydrogens is 222 g/mol. The number of furan rings is 1. The Morgan fingerprint density at radius 2 is 1.88 bits per heavy atom. The van der Waals surface area contributed by atoms with E-state index in [2.05, 4.69) is 4.98 Å². The predicted octanol–water partition coefficient (Wildman–Crippen LogP) is 4.15. The third kappa shape index (κ3) is 1.57. The van der Waals surface area contributed by atoms with Gasteiger partial charge in [0.05, 0.1) is 5.02 Å². The van der Waals surface area contributed by atoms with E-state index < -0.39 is 0 Å². The lowest BCUT2D eigenvalue weighted by atomic mass is 10.2. The summed E-state index contributed by atoms with van der Waals surface area (Å²) in [5.41, 5.74) is 1.65. The Balaban J connectivity index is 2.19. The van der Waals surface area contributed by atoms with E-state index >= 15 is 0 Å². The van der Waals surface area contributed by atoms with Crippen molar-refractivity contribution < 1.29 is 4.42 Å². The molecule has 2 aromatic heterocycles. The molecule has 3 heteroatoms. The summed E-state index contributed by atoms with van der Waals surface area (Å²) >= 11 is 5.87. The van der Waals surface area contributed by atoms with Gasteiger partial charge in [-0.05, 0) is 12.1 Å². The van der Waals surface area contributed by atoms with Gasteiger partial charge in [-0.3, -0.25) is 0 Å². The lowest BCUT2D eigenvalue weighted by Crippen LogP contribution is -1.70. The molecule has 3 aromatic rings. The average Bonchev–Trinajstić information content (AvgIpc) is 2.73. The lowest BCUT2D eigenvalue weighted by molar-refractivity contribution is 0.618. The third-order valence-electron chi connectivity index (χ3n) is 2.40. The number of hydrogen-bond acceptors (Lipinski definition) is 2. The van der Waals surface area contributed by atoms with Gasteiger partial charge in [0.25, 0.3) is 0 Å². The molecule has 1 aromatic carbocycles. The zero-order valence-electron chi connectivity index (χ0n) is 8.35. The molecule has 2 nitrogen and oxygen atoms in total. The Labute approximate surface area is 97.5 Å². The van der Waals surface area contributed by atoms with E-state index in [-0.39, 0.29) is 0 Å². The van der Waals surface area contributed by atoms with Gasteiger partial charge in [0, 0.05) is 17.1 Å². The number of halogens is 1. The molecule has 0 spiro atoms. The fraction of sp³-hybridized carbons (Fsp3) is 0. The number of pyridine rings is 1. The van der Waals surface area contributed by atoms with E-state index in [1.807, 2.05) is 42.5 Å². The minimum Gasteiger partial charge on any atom is -0.438 e. The van der Waals surface area contributed by atoms with Gasteiger partial charge in [-0.25, -0.2) is 4.98 Å². The maximum Gasteiger partial charge on any atom is 0.226 e. The minimum absolute atomic E-state index is 0.614. The zero-order chi connectivity index (χ0) is 11.0. The normalized spacial score (nSPS) is 10.8. The summed E-state index contributed by atoms with van der Waals surface area (Å²) in [7, 11) is 0. The van der Waals surface area contributed by atoms with E-state index in [1.165, 1.54) is 0 Å². The maximum atomic E-state index is 5.87. The van der Waals surface area contributed by atoms with Crippen molar-refractivity contribution in [2.24, 2.45) is 0 Å². The van der Waals surface area contributed by atoms with Crippen LogP contribution in [0.5, 0.6) is 0 Å². The van der Waals surface area contributed by atoms with Gasteiger partial charge >= 0.3 is 0 Å². The monoisotopic (exact) mass is 229 g/mol. The Hall–Kier alpha value is -1.80. The van der Waals surface area contributed by atoms with Crippen molar-refractivity contribution >= 4 is 22.7 Å². The van der Waals surface area contributed by atoms with Crippen LogP contribution in [0.15, 0.2) is 53.1 Å². The second-order valence-corrected chi connectivity index (χ2v) is 3.96. The van der Waals surface area contributed by atoms with E-state index in [4.69, 9.17) is 16.0 Å². The third-order valence-corrected chi connectivity index (χ3v) is 2.60. The number of fused-ring (bicyclic) bond motifs is 1. The molecule has 0 radical (unpaired) electrons. The highest BCUT2D eigenvalue weighted by Crippen LogP contribution is 2.27. The number of benzene rings is 1. The van der Waals surface area contributed by atoms with Crippen LogP contribution in [-0.4, -0.2) is 4.98 Å². The van der Waals surface area contributed by atoms with Crippen LogP contribution >= 0.6 is 11.6 Å². The summed E-state index contributed by atoms with van der Waals surface area (Å²) in [4.78, 5) is 4.13. The first-order chi connectivity index (χ1) is 7.83. The summed E-state index contributed by atoms with van der Waals surface area (Å²) in [5.74, 6) is 0.811. The first kappa shape index (κ1) is 9.43. The molecule has 0 aliphatic carbocycles. The standard InChI is InChI=1S/C13H8ClNO/c14-11-6-10-7-12(16-13(10)15-8-11)9-4-2-1-3-5-9/h1-8H. The van der Waals surface area contributed by atoms with E-state index in [0.29, 0.717) is 10.7 Å². The molecule has 78 valence electrons.